The van der Waals surface area contributed by atoms with Crippen molar-refractivity contribution >= 4 is 19.6 Å². The van der Waals surface area contributed by atoms with Crippen LogP contribution >= 0.6 is 7.82 Å². The number of ether oxygens (including phenoxy) is 1. The summed E-state index contributed by atoms with van der Waals surface area (Å²) < 4.78 is 38.3. The molecule has 1 aliphatic carbocycles. The highest BCUT2D eigenvalue weighted by molar-refractivity contribution is 7.49. The van der Waals surface area contributed by atoms with Gasteiger partial charge in [-0.05, 0) is 75.6 Å². The van der Waals surface area contributed by atoms with Crippen LogP contribution in [0.25, 0.3) is 5.70 Å². The molecule has 5 rings (SSSR count). The molecule has 0 atom stereocenters. The lowest BCUT2D eigenvalue weighted by molar-refractivity contribution is 0.0328. The van der Waals surface area contributed by atoms with Crippen LogP contribution in [0.2, 0.25) is 0 Å². The maximum atomic E-state index is 14.4. The van der Waals surface area contributed by atoms with Crippen molar-refractivity contribution in [3.8, 4) is 11.5 Å². The zero-order chi connectivity index (χ0) is 28.2. The number of rotatable bonds is 7. The molecular weight excluding hydrogens is 525 g/mol. The first-order chi connectivity index (χ1) is 19.1. The van der Waals surface area contributed by atoms with Crippen LogP contribution < -0.4 is 9.05 Å². The molecule has 3 aromatic carbocycles. The highest BCUT2D eigenvalue weighted by atomic mass is 31.2. The Morgan fingerprint density at radius 1 is 0.750 bits per heavy atom. The number of para-hydroxylation sites is 2. The lowest BCUT2D eigenvalue weighted by atomic mass is 9.82. The zero-order valence-electron chi connectivity index (χ0n) is 23.0. The molecule has 0 saturated heterocycles. The number of phosphoric acid groups is 1. The summed E-state index contributed by atoms with van der Waals surface area (Å²) in [5, 5.41) is 0. The van der Waals surface area contributed by atoms with Gasteiger partial charge in [0.05, 0.1) is 5.70 Å². The quantitative estimate of drug-likeness (QED) is 0.269. The SMILES string of the molecule is CC(C)(C)OC(=O)N1C(OP(=O)(Oc2ccccc2)Oc2ccccc2)=CC2(C=C1c1ccccc1)CCCC2. The Morgan fingerprint density at radius 2 is 1.25 bits per heavy atom. The van der Waals surface area contributed by atoms with Gasteiger partial charge in [0.2, 0.25) is 5.88 Å². The van der Waals surface area contributed by atoms with Gasteiger partial charge in [-0.15, -0.1) is 0 Å². The van der Waals surface area contributed by atoms with Gasteiger partial charge in [0.1, 0.15) is 17.1 Å². The van der Waals surface area contributed by atoms with E-state index in [0.717, 1.165) is 31.2 Å². The lowest BCUT2D eigenvalue weighted by Gasteiger charge is -2.37. The van der Waals surface area contributed by atoms with Gasteiger partial charge in [0.15, 0.2) is 0 Å². The van der Waals surface area contributed by atoms with E-state index in [-0.39, 0.29) is 11.3 Å². The summed E-state index contributed by atoms with van der Waals surface area (Å²) in [6.07, 6.45) is 7.08. The highest BCUT2D eigenvalue weighted by Gasteiger charge is 2.45. The van der Waals surface area contributed by atoms with Gasteiger partial charge in [-0.25, -0.2) is 9.69 Å². The largest absolute Gasteiger partial charge is 0.648 e. The normalized spacial score (nSPS) is 16.6. The van der Waals surface area contributed by atoms with E-state index in [1.54, 1.807) is 69.3 Å². The Balaban J connectivity index is 1.61. The fraction of sp³-hybridized carbons (Fsp3) is 0.281. The van der Waals surface area contributed by atoms with E-state index in [9.17, 15) is 9.36 Å². The van der Waals surface area contributed by atoms with E-state index in [2.05, 4.69) is 6.08 Å². The monoisotopic (exact) mass is 559 g/mol. The molecule has 0 bridgehead atoms. The molecule has 8 heteroatoms. The van der Waals surface area contributed by atoms with Gasteiger partial charge in [-0.3, -0.25) is 0 Å². The number of hydrogen-bond acceptors (Lipinski definition) is 6. The topological polar surface area (TPSA) is 74.3 Å². The second-order valence-electron chi connectivity index (χ2n) is 11.0. The third kappa shape index (κ3) is 6.60. The Morgan fingerprint density at radius 3 is 1.75 bits per heavy atom. The fourth-order valence-electron chi connectivity index (χ4n) is 4.91. The van der Waals surface area contributed by atoms with Crippen molar-refractivity contribution in [1.82, 2.24) is 4.90 Å². The predicted molar refractivity (Wildman–Crippen MR) is 154 cm³/mol. The van der Waals surface area contributed by atoms with Gasteiger partial charge in [0.25, 0.3) is 0 Å². The van der Waals surface area contributed by atoms with E-state index < -0.39 is 19.5 Å². The number of amides is 1. The van der Waals surface area contributed by atoms with Gasteiger partial charge in [0, 0.05) is 5.41 Å². The first kappa shape index (κ1) is 27.6. The molecule has 1 saturated carbocycles. The van der Waals surface area contributed by atoms with Crippen molar-refractivity contribution in [3.05, 3.63) is 115 Å². The molecule has 1 amide bonds. The third-order valence-electron chi connectivity index (χ3n) is 6.60. The van der Waals surface area contributed by atoms with Crippen molar-refractivity contribution < 1.29 is 27.7 Å². The highest BCUT2D eigenvalue weighted by Crippen LogP contribution is 2.55. The molecule has 1 heterocycles. The van der Waals surface area contributed by atoms with Crippen molar-refractivity contribution in [2.45, 2.75) is 52.1 Å². The van der Waals surface area contributed by atoms with E-state index in [4.69, 9.17) is 18.3 Å². The number of allylic oxidation sites excluding steroid dienone is 2. The molecular formula is C32H34NO6P. The Labute approximate surface area is 235 Å². The molecule has 7 nitrogen and oxygen atoms in total. The van der Waals surface area contributed by atoms with Crippen molar-refractivity contribution in [2.24, 2.45) is 5.41 Å². The Bertz CT molecular complexity index is 1380. The number of carbonyl (C=O) groups is 1. The van der Waals surface area contributed by atoms with Crippen LogP contribution in [0, 0.1) is 5.41 Å². The number of carbonyl (C=O) groups excluding carboxylic acids is 1. The summed E-state index contributed by atoms with van der Waals surface area (Å²) in [6.45, 7) is 5.39. The molecule has 0 aromatic heterocycles. The first-order valence-electron chi connectivity index (χ1n) is 13.5. The smallest absolute Gasteiger partial charge is 0.443 e. The van der Waals surface area contributed by atoms with E-state index in [0.29, 0.717) is 17.2 Å². The lowest BCUT2D eigenvalue weighted by Crippen LogP contribution is -2.39. The minimum atomic E-state index is -4.38. The molecule has 0 unspecified atom stereocenters. The van der Waals surface area contributed by atoms with Gasteiger partial charge < -0.3 is 18.3 Å². The molecule has 40 heavy (non-hydrogen) atoms. The predicted octanol–water partition coefficient (Wildman–Crippen LogP) is 8.96. The summed E-state index contributed by atoms with van der Waals surface area (Å²) in [7, 11) is -4.38. The van der Waals surface area contributed by atoms with E-state index in [1.807, 2.05) is 48.5 Å². The number of phosphoric ester groups is 1. The molecule has 0 N–H and O–H groups in total. The maximum absolute atomic E-state index is 14.4. The minimum Gasteiger partial charge on any atom is -0.443 e. The van der Waals surface area contributed by atoms with Crippen molar-refractivity contribution in [2.75, 3.05) is 0 Å². The number of benzene rings is 3. The second kappa shape index (κ2) is 11.3. The summed E-state index contributed by atoms with van der Waals surface area (Å²) in [5.74, 6) is 0.653. The molecule has 3 aromatic rings. The molecule has 1 fully saturated rings. The number of nitrogens with zero attached hydrogens (tertiary/aromatic N) is 1. The standard InChI is InChI=1S/C32H34NO6P/c1-31(2,3)36-30(34)33-28(25-15-7-4-8-16-25)23-32(21-13-14-22-32)24-29(33)39-40(35,37-26-17-9-5-10-18-26)38-27-19-11-6-12-20-27/h4-12,15-20,23-24H,13-14,21-22H2,1-3H3. The second-order valence-corrected chi connectivity index (χ2v) is 12.4. The molecule has 208 valence electrons. The van der Waals surface area contributed by atoms with Gasteiger partial charge in [-0.2, -0.15) is 4.57 Å². The molecule has 0 radical (unpaired) electrons. The van der Waals surface area contributed by atoms with Gasteiger partial charge >= 0.3 is 13.9 Å². The average molecular weight is 560 g/mol. The Hall–Kier alpha value is -3.96. The van der Waals surface area contributed by atoms with Crippen LogP contribution in [0.5, 0.6) is 11.5 Å². The molecule has 1 spiro atoms. The maximum Gasteiger partial charge on any atom is 0.648 e. The minimum absolute atomic E-state index is 0.0488. The summed E-state index contributed by atoms with van der Waals surface area (Å²) in [5.41, 5.74) is 0.234. The summed E-state index contributed by atoms with van der Waals surface area (Å²) in [4.78, 5) is 15.1. The van der Waals surface area contributed by atoms with E-state index in [1.165, 1.54) is 4.90 Å². The third-order valence-corrected chi connectivity index (χ3v) is 7.88. The molecule has 1 aliphatic heterocycles. The summed E-state index contributed by atoms with van der Waals surface area (Å²) in [6, 6.07) is 26.9. The van der Waals surface area contributed by atoms with E-state index >= 15 is 0 Å². The number of hydrogen-bond donors (Lipinski definition) is 0. The van der Waals surface area contributed by atoms with Crippen LogP contribution in [-0.4, -0.2) is 16.6 Å². The van der Waals surface area contributed by atoms with Crippen LogP contribution in [0.15, 0.2) is 109 Å². The van der Waals surface area contributed by atoms with Crippen LogP contribution in [-0.2, 0) is 13.8 Å². The van der Waals surface area contributed by atoms with Gasteiger partial charge in [-0.1, -0.05) is 79.6 Å². The summed E-state index contributed by atoms with van der Waals surface area (Å²) >= 11 is 0. The first-order valence-corrected chi connectivity index (χ1v) is 14.9. The van der Waals surface area contributed by atoms with Crippen molar-refractivity contribution in [3.63, 3.8) is 0 Å². The van der Waals surface area contributed by atoms with Crippen molar-refractivity contribution in [1.29, 1.82) is 0 Å². The molecule has 2 aliphatic rings. The Kier molecular flexibility index (Phi) is 7.77. The fourth-order valence-corrected chi connectivity index (χ4v) is 6.14. The average Bonchev–Trinajstić information content (AvgIpc) is 3.36. The van der Waals surface area contributed by atoms with Crippen LogP contribution in [0.4, 0.5) is 4.79 Å². The van der Waals surface area contributed by atoms with Crippen LogP contribution in [0.3, 0.4) is 0 Å². The zero-order valence-corrected chi connectivity index (χ0v) is 23.9. The van der Waals surface area contributed by atoms with Crippen LogP contribution in [0.1, 0.15) is 52.0 Å².